The summed E-state index contributed by atoms with van der Waals surface area (Å²) in [6, 6.07) is 0.292. The van der Waals surface area contributed by atoms with Crippen molar-refractivity contribution < 1.29 is 9.53 Å². The number of rotatable bonds is 1. The van der Waals surface area contributed by atoms with Gasteiger partial charge in [-0.15, -0.1) is 0 Å². The molecule has 0 aliphatic carbocycles. The summed E-state index contributed by atoms with van der Waals surface area (Å²) in [6.45, 7) is 5.09. The van der Waals surface area contributed by atoms with Crippen LogP contribution in [0.3, 0.4) is 0 Å². The summed E-state index contributed by atoms with van der Waals surface area (Å²) in [4.78, 5) is 13.4. The highest BCUT2D eigenvalue weighted by atomic mass is 16.5. The van der Waals surface area contributed by atoms with Gasteiger partial charge in [0.15, 0.2) is 0 Å². The van der Waals surface area contributed by atoms with Gasteiger partial charge in [-0.1, -0.05) is 13.8 Å². The Hall–Kier alpha value is -0.570. The first-order chi connectivity index (χ1) is 6.11. The van der Waals surface area contributed by atoms with Crippen molar-refractivity contribution in [1.29, 1.82) is 0 Å². The average Bonchev–Trinajstić information content (AvgIpc) is 2.03. The molecule has 0 aromatic rings. The van der Waals surface area contributed by atoms with Gasteiger partial charge in [0.05, 0.1) is 18.8 Å². The number of piperidine rings is 1. The van der Waals surface area contributed by atoms with Crippen LogP contribution in [0.15, 0.2) is 0 Å². The zero-order chi connectivity index (χ0) is 9.59. The Kier molecular flexibility index (Phi) is 2.06. The molecule has 3 unspecified atom stereocenters. The molecule has 0 aromatic heterocycles. The molecule has 2 saturated heterocycles. The SMILES string of the molecule is CC(C)C1C2OCC2CC(=O)N1C. The molecule has 2 aliphatic heterocycles. The fourth-order valence-electron chi connectivity index (χ4n) is 2.48. The van der Waals surface area contributed by atoms with Crippen LogP contribution < -0.4 is 0 Å². The summed E-state index contributed by atoms with van der Waals surface area (Å²) in [6.07, 6.45) is 0.993. The van der Waals surface area contributed by atoms with Crippen molar-refractivity contribution in [3.63, 3.8) is 0 Å². The standard InChI is InChI=1S/C10H17NO2/c1-6(2)9-10-7(5-13-10)4-8(12)11(9)3/h6-7,9-10H,4-5H2,1-3H3. The van der Waals surface area contributed by atoms with E-state index in [1.807, 2.05) is 11.9 Å². The topological polar surface area (TPSA) is 29.5 Å². The highest BCUT2D eigenvalue weighted by Gasteiger charge is 2.47. The minimum absolute atomic E-state index is 0.281. The Bertz CT molecular complexity index is 227. The van der Waals surface area contributed by atoms with Gasteiger partial charge in [-0.2, -0.15) is 0 Å². The molecule has 0 spiro atoms. The van der Waals surface area contributed by atoms with Gasteiger partial charge in [0.1, 0.15) is 0 Å². The van der Waals surface area contributed by atoms with Gasteiger partial charge < -0.3 is 9.64 Å². The van der Waals surface area contributed by atoms with E-state index < -0.39 is 0 Å². The number of carbonyl (C=O) groups is 1. The van der Waals surface area contributed by atoms with E-state index in [2.05, 4.69) is 13.8 Å². The third-order valence-electron chi connectivity index (χ3n) is 3.26. The van der Waals surface area contributed by atoms with E-state index in [0.717, 1.165) is 6.61 Å². The molecule has 74 valence electrons. The Labute approximate surface area is 79.0 Å². The van der Waals surface area contributed by atoms with Gasteiger partial charge in [0, 0.05) is 19.4 Å². The summed E-state index contributed by atoms with van der Waals surface area (Å²) in [5.41, 5.74) is 0. The summed E-state index contributed by atoms with van der Waals surface area (Å²) >= 11 is 0. The van der Waals surface area contributed by atoms with Gasteiger partial charge in [-0.25, -0.2) is 0 Å². The van der Waals surface area contributed by atoms with Crippen LogP contribution in [0, 0.1) is 11.8 Å². The monoisotopic (exact) mass is 183 g/mol. The van der Waals surface area contributed by atoms with Crippen LogP contribution in [0.2, 0.25) is 0 Å². The van der Waals surface area contributed by atoms with Crippen molar-refractivity contribution in [3.05, 3.63) is 0 Å². The molecule has 2 aliphatic rings. The van der Waals surface area contributed by atoms with E-state index in [1.165, 1.54) is 0 Å². The maximum atomic E-state index is 11.6. The molecule has 2 rings (SSSR count). The third-order valence-corrected chi connectivity index (χ3v) is 3.26. The molecule has 0 N–H and O–H groups in total. The minimum Gasteiger partial charge on any atom is -0.375 e. The molecule has 13 heavy (non-hydrogen) atoms. The Morgan fingerprint density at radius 2 is 2.23 bits per heavy atom. The maximum Gasteiger partial charge on any atom is 0.223 e. The molecular formula is C10H17NO2. The lowest BCUT2D eigenvalue weighted by Crippen LogP contribution is -2.62. The van der Waals surface area contributed by atoms with Crippen LogP contribution in [0.1, 0.15) is 20.3 Å². The Balaban J connectivity index is 2.16. The summed E-state index contributed by atoms with van der Waals surface area (Å²) < 4.78 is 5.53. The molecule has 0 radical (unpaired) electrons. The van der Waals surface area contributed by atoms with E-state index in [-0.39, 0.29) is 5.91 Å². The highest BCUT2D eigenvalue weighted by molar-refractivity contribution is 5.78. The second-order valence-electron chi connectivity index (χ2n) is 4.50. The van der Waals surface area contributed by atoms with Gasteiger partial charge >= 0.3 is 0 Å². The van der Waals surface area contributed by atoms with Crippen LogP contribution in [-0.4, -0.2) is 36.6 Å². The van der Waals surface area contributed by atoms with Crippen molar-refractivity contribution in [2.75, 3.05) is 13.7 Å². The van der Waals surface area contributed by atoms with Crippen LogP contribution >= 0.6 is 0 Å². The van der Waals surface area contributed by atoms with Crippen LogP contribution in [0.5, 0.6) is 0 Å². The lowest BCUT2D eigenvalue weighted by Gasteiger charge is -2.50. The summed E-state index contributed by atoms with van der Waals surface area (Å²) in [5, 5.41) is 0. The van der Waals surface area contributed by atoms with Crippen molar-refractivity contribution in [2.24, 2.45) is 11.8 Å². The second kappa shape index (κ2) is 2.98. The van der Waals surface area contributed by atoms with Crippen molar-refractivity contribution >= 4 is 5.91 Å². The molecule has 2 heterocycles. The van der Waals surface area contributed by atoms with Gasteiger partial charge in [-0.3, -0.25) is 4.79 Å². The zero-order valence-electron chi connectivity index (χ0n) is 8.49. The fourth-order valence-corrected chi connectivity index (χ4v) is 2.48. The first kappa shape index (κ1) is 9.00. The van der Waals surface area contributed by atoms with Crippen molar-refractivity contribution in [1.82, 2.24) is 4.90 Å². The predicted molar refractivity (Wildman–Crippen MR) is 49.2 cm³/mol. The van der Waals surface area contributed by atoms with E-state index in [0.29, 0.717) is 30.4 Å². The quantitative estimate of drug-likeness (QED) is 0.604. The van der Waals surface area contributed by atoms with E-state index in [1.54, 1.807) is 0 Å². The van der Waals surface area contributed by atoms with E-state index >= 15 is 0 Å². The molecule has 0 bridgehead atoms. The van der Waals surface area contributed by atoms with Gasteiger partial charge in [-0.05, 0) is 5.92 Å². The van der Waals surface area contributed by atoms with Crippen molar-refractivity contribution in [2.45, 2.75) is 32.4 Å². The van der Waals surface area contributed by atoms with Crippen molar-refractivity contribution in [3.8, 4) is 0 Å². The number of hydrogen-bond donors (Lipinski definition) is 0. The van der Waals surface area contributed by atoms with Gasteiger partial charge in [0.25, 0.3) is 0 Å². The lowest BCUT2D eigenvalue weighted by molar-refractivity contribution is -0.192. The molecule has 0 saturated carbocycles. The number of hydrogen-bond acceptors (Lipinski definition) is 2. The predicted octanol–water partition coefficient (Wildman–Crippen LogP) is 0.888. The Morgan fingerprint density at radius 3 is 2.69 bits per heavy atom. The second-order valence-corrected chi connectivity index (χ2v) is 4.50. The van der Waals surface area contributed by atoms with Crippen LogP contribution in [0.4, 0.5) is 0 Å². The zero-order valence-corrected chi connectivity index (χ0v) is 8.49. The van der Waals surface area contributed by atoms with Crippen LogP contribution in [-0.2, 0) is 9.53 Å². The fraction of sp³-hybridized carbons (Fsp3) is 0.900. The normalized spacial score (nSPS) is 38.9. The summed E-state index contributed by atoms with van der Waals surface area (Å²) in [7, 11) is 1.89. The third kappa shape index (κ3) is 1.26. The number of likely N-dealkylation sites (N-methyl/N-ethyl adjacent to an activating group) is 1. The number of fused-ring (bicyclic) bond motifs is 1. The Morgan fingerprint density at radius 1 is 1.54 bits per heavy atom. The van der Waals surface area contributed by atoms with Crippen LogP contribution in [0.25, 0.3) is 0 Å². The number of carbonyl (C=O) groups excluding carboxylic acids is 1. The summed E-state index contributed by atoms with van der Waals surface area (Å²) in [5.74, 6) is 1.27. The minimum atomic E-state index is 0.281. The average molecular weight is 183 g/mol. The first-order valence-corrected chi connectivity index (χ1v) is 4.98. The van der Waals surface area contributed by atoms with Gasteiger partial charge in [0.2, 0.25) is 5.91 Å². The largest absolute Gasteiger partial charge is 0.375 e. The molecule has 3 nitrogen and oxygen atoms in total. The molecular weight excluding hydrogens is 166 g/mol. The highest BCUT2D eigenvalue weighted by Crippen LogP contribution is 2.36. The molecule has 3 atom stereocenters. The number of amides is 1. The molecule has 2 fully saturated rings. The maximum absolute atomic E-state index is 11.6. The smallest absolute Gasteiger partial charge is 0.223 e. The van der Waals surface area contributed by atoms with E-state index in [4.69, 9.17) is 4.74 Å². The number of nitrogens with zero attached hydrogens (tertiary/aromatic N) is 1. The first-order valence-electron chi connectivity index (χ1n) is 4.98. The number of ether oxygens (including phenoxy) is 1. The van der Waals surface area contributed by atoms with E-state index in [9.17, 15) is 4.79 Å². The molecule has 3 heteroatoms. The molecule has 1 amide bonds. The number of likely N-dealkylation sites (tertiary alicyclic amines) is 1. The molecule has 0 aromatic carbocycles. The lowest BCUT2D eigenvalue weighted by atomic mass is 9.79.